The SMILES string of the molecule is CC[C@H](NC(=O)[C@H](CCC(=O)O)NC(=O)[C@H](CCC(=O)O)NC(=O)[C@H](CCSC)NC(=O)[C@H](CCC(=O)O)NC(=O)[C@H](CC(=O)O)NC(C)=O)C(=O)C(F)(F)F. The van der Waals surface area contributed by atoms with E-state index in [0.29, 0.717) is 0 Å². The summed E-state index contributed by atoms with van der Waals surface area (Å²) in [6.07, 6.45) is -9.78. The summed E-state index contributed by atoms with van der Waals surface area (Å²) in [5.74, 6) is -15.2. The molecule has 0 saturated heterocycles. The Bertz CT molecular complexity index is 1470. The molecule has 56 heavy (non-hydrogen) atoms. The first-order valence-corrected chi connectivity index (χ1v) is 18.1. The zero-order chi connectivity index (χ0) is 43.3. The van der Waals surface area contributed by atoms with Gasteiger partial charge < -0.3 is 52.3 Å². The van der Waals surface area contributed by atoms with Crippen LogP contribution in [0.2, 0.25) is 0 Å². The maximum atomic E-state index is 13.5. The van der Waals surface area contributed by atoms with E-state index in [1.165, 1.54) is 11.8 Å². The number of amides is 6. The fraction of sp³-hybridized carbons (Fsp3) is 0.645. The minimum absolute atomic E-state index is 0.145. The number of ketones is 1. The van der Waals surface area contributed by atoms with E-state index in [-0.39, 0.29) is 12.2 Å². The number of hydrogen-bond acceptors (Lipinski definition) is 12. The van der Waals surface area contributed by atoms with E-state index in [9.17, 15) is 76.1 Å². The highest BCUT2D eigenvalue weighted by molar-refractivity contribution is 7.98. The van der Waals surface area contributed by atoms with Crippen LogP contribution in [-0.4, -0.2) is 140 Å². The molecule has 0 aromatic heterocycles. The number of hydrogen-bond donors (Lipinski definition) is 10. The molecule has 10 N–H and O–H groups in total. The van der Waals surface area contributed by atoms with Crippen molar-refractivity contribution >= 4 is 76.9 Å². The normalized spacial score (nSPS) is 14.2. The van der Waals surface area contributed by atoms with Gasteiger partial charge in [0, 0.05) is 26.2 Å². The fourth-order valence-electron chi connectivity index (χ4n) is 4.66. The first-order valence-electron chi connectivity index (χ1n) is 16.7. The molecule has 6 atom stereocenters. The van der Waals surface area contributed by atoms with Crippen LogP contribution < -0.4 is 31.9 Å². The van der Waals surface area contributed by atoms with E-state index >= 15 is 0 Å². The van der Waals surface area contributed by atoms with Crippen molar-refractivity contribution in [2.45, 2.75) is 114 Å². The lowest BCUT2D eigenvalue weighted by Crippen LogP contribution is -2.60. The molecule has 0 heterocycles. The third-order valence-electron chi connectivity index (χ3n) is 7.48. The van der Waals surface area contributed by atoms with Gasteiger partial charge in [-0.25, -0.2) is 0 Å². The molecule has 0 unspecified atom stereocenters. The molecule has 0 spiro atoms. The third-order valence-corrected chi connectivity index (χ3v) is 8.12. The van der Waals surface area contributed by atoms with E-state index in [4.69, 9.17) is 10.2 Å². The minimum atomic E-state index is -5.36. The number of rotatable bonds is 27. The van der Waals surface area contributed by atoms with Crippen molar-refractivity contribution in [1.29, 1.82) is 0 Å². The maximum absolute atomic E-state index is 13.5. The summed E-state index contributed by atoms with van der Waals surface area (Å²) in [5, 5.41) is 49.2. The number of halogens is 3. The molecule has 0 rings (SSSR count). The molecule has 0 aliphatic carbocycles. The van der Waals surface area contributed by atoms with Crippen LogP contribution in [0, 0.1) is 0 Å². The first-order chi connectivity index (χ1) is 25.9. The molecule has 0 aromatic rings. The maximum Gasteiger partial charge on any atom is 0.452 e. The number of carbonyl (C=O) groups excluding carboxylic acids is 7. The van der Waals surface area contributed by atoms with Crippen LogP contribution in [0.15, 0.2) is 0 Å². The lowest BCUT2D eigenvalue weighted by atomic mass is 10.0. The Labute approximate surface area is 321 Å². The quantitative estimate of drug-likeness (QED) is 0.0440. The summed E-state index contributed by atoms with van der Waals surface area (Å²) in [6.45, 7) is 2.11. The van der Waals surface area contributed by atoms with Crippen molar-refractivity contribution in [2.75, 3.05) is 12.0 Å². The summed E-state index contributed by atoms with van der Waals surface area (Å²) < 4.78 is 39.1. The molecule has 21 nitrogen and oxygen atoms in total. The standard InChI is InChI=1S/C31H45F3N6O15S/c1-4-15(25(50)31(32,33)34)36-26(51)16(5-8-21(42)43)37-27(52)17(6-9-22(44)45)38-29(54)19(11-12-56-3)40-28(53)18(7-10-23(46)47)39-30(55)20(13-24(48)49)35-14(2)41/h15-20H,4-13H2,1-3H3,(H,35,41)(H,36,51)(H,37,52)(H,38,54)(H,39,55)(H,40,53)(H,42,43)(H,44,45)(H,46,47)(H,48,49)/t15-,16-,17-,18-,19-,20-/m0/s1. The Balaban J connectivity index is 6.48. The lowest BCUT2D eigenvalue weighted by Gasteiger charge is -2.27. The minimum Gasteiger partial charge on any atom is -0.481 e. The third kappa shape index (κ3) is 20.3. The topological polar surface area (TPSA) is 341 Å². The summed E-state index contributed by atoms with van der Waals surface area (Å²) in [6, 6.07) is -10.9. The molecule has 0 bridgehead atoms. The van der Waals surface area contributed by atoms with Crippen LogP contribution in [0.25, 0.3) is 0 Å². The lowest BCUT2D eigenvalue weighted by molar-refractivity contribution is -0.173. The largest absolute Gasteiger partial charge is 0.481 e. The predicted octanol–water partition coefficient (Wildman–Crippen LogP) is -1.72. The predicted molar refractivity (Wildman–Crippen MR) is 184 cm³/mol. The van der Waals surface area contributed by atoms with E-state index < -0.39 is 159 Å². The second kappa shape index (κ2) is 24.8. The van der Waals surface area contributed by atoms with Crippen LogP contribution in [-0.2, 0) is 52.7 Å². The molecule has 316 valence electrons. The van der Waals surface area contributed by atoms with Gasteiger partial charge in [-0.3, -0.25) is 52.7 Å². The zero-order valence-electron chi connectivity index (χ0n) is 30.4. The fourth-order valence-corrected chi connectivity index (χ4v) is 5.13. The van der Waals surface area contributed by atoms with Gasteiger partial charge in [0.1, 0.15) is 30.2 Å². The highest BCUT2D eigenvalue weighted by Gasteiger charge is 2.44. The van der Waals surface area contributed by atoms with Crippen LogP contribution in [0.3, 0.4) is 0 Å². The highest BCUT2D eigenvalue weighted by atomic mass is 32.2. The van der Waals surface area contributed by atoms with E-state index in [2.05, 4.69) is 26.6 Å². The molecule has 0 aliphatic rings. The van der Waals surface area contributed by atoms with Crippen molar-refractivity contribution in [3.8, 4) is 0 Å². The number of alkyl halides is 3. The van der Waals surface area contributed by atoms with Crippen LogP contribution in [0.4, 0.5) is 13.2 Å². The van der Waals surface area contributed by atoms with Gasteiger partial charge in [-0.05, 0) is 44.1 Å². The molecular formula is C31H45F3N6O15S. The van der Waals surface area contributed by atoms with Gasteiger partial charge in [0.25, 0.3) is 5.78 Å². The molecule has 0 aliphatic heterocycles. The second-order valence-electron chi connectivity index (χ2n) is 12.0. The monoisotopic (exact) mass is 830 g/mol. The number of nitrogens with one attached hydrogen (secondary N) is 6. The average molecular weight is 831 g/mol. The van der Waals surface area contributed by atoms with Crippen molar-refractivity contribution in [2.24, 2.45) is 0 Å². The van der Waals surface area contributed by atoms with E-state index in [1.54, 1.807) is 11.6 Å². The summed E-state index contributed by atoms with van der Waals surface area (Å²) in [7, 11) is 0. The van der Waals surface area contributed by atoms with Gasteiger partial charge in [-0.1, -0.05) is 6.92 Å². The molecule has 6 amide bonds. The van der Waals surface area contributed by atoms with Crippen molar-refractivity contribution in [3.63, 3.8) is 0 Å². The zero-order valence-corrected chi connectivity index (χ0v) is 31.2. The molecule has 0 saturated carbocycles. The molecule has 25 heteroatoms. The average Bonchev–Trinajstić information content (AvgIpc) is 3.08. The second-order valence-corrected chi connectivity index (χ2v) is 13.0. The summed E-state index contributed by atoms with van der Waals surface area (Å²) >= 11 is 1.17. The number of Topliss-reactive ketones (excluding diaryl/α,β-unsaturated/α-hetero) is 1. The van der Waals surface area contributed by atoms with Crippen LogP contribution in [0.5, 0.6) is 0 Å². The molecular weight excluding hydrogens is 785 g/mol. The molecule has 0 radical (unpaired) electrons. The first kappa shape index (κ1) is 50.5. The Morgan fingerprint density at radius 3 is 1.11 bits per heavy atom. The number of carboxylic acids is 4. The van der Waals surface area contributed by atoms with Gasteiger partial charge in [-0.15, -0.1) is 0 Å². The van der Waals surface area contributed by atoms with Crippen molar-refractivity contribution < 1.29 is 86.3 Å². The Morgan fingerprint density at radius 2 is 0.839 bits per heavy atom. The Kier molecular flexibility index (Phi) is 22.4. The van der Waals surface area contributed by atoms with E-state index in [0.717, 1.165) is 13.8 Å². The van der Waals surface area contributed by atoms with Gasteiger partial charge in [0.05, 0.1) is 12.5 Å². The smallest absolute Gasteiger partial charge is 0.452 e. The van der Waals surface area contributed by atoms with E-state index in [1.807, 2.05) is 0 Å². The van der Waals surface area contributed by atoms with Crippen molar-refractivity contribution in [1.82, 2.24) is 31.9 Å². The van der Waals surface area contributed by atoms with Gasteiger partial charge in [0.2, 0.25) is 35.4 Å². The number of carbonyl (C=O) groups is 11. The Morgan fingerprint density at radius 1 is 0.518 bits per heavy atom. The van der Waals surface area contributed by atoms with Crippen LogP contribution in [0.1, 0.15) is 71.6 Å². The summed E-state index contributed by atoms with van der Waals surface area (Å²) in [4.78, 5) is 135. The highest BCUT2D eigenvalue weighted by Crippen LogP contribution is 2.19. The van der Waals surface area contributed by atoms with Gasteiger partial charge in [-0.2, -0.15) is 24.9 Å². The van der Waals surface area contributed by atoms with Crippen molar-refractivity contribution in [3.05, 3.63) is 0 Å². The van der Waals surface area contributed by atoms with Crippen LogP contribution >= 0.6 is 11.8 Å². The number of carboxylic acid groups (broad SMARTS) is 4. The molecule has 0 fully saturated rings. The molecule has 0 aromatic carbocycles. The number of aliphatic carboxylic acids is 4. The Hall–Kier alpha value is -5.49. The summed E-state index contributed by atoms with van der Waals surface area (Å²) in [5.41, 5.74) is 0. The van der Waals surface area contributed by atoms with Gasteiger partial charge >= 0.3 is 30.1 Å². The van der Waals surface area contributed by atoms with Gasteiger partial charge in [0.15, 0.2) is 0 Å². The number of thioether (sulfide) groups is 1.